The van der Waals surface area contributed by atoms with E-state index in [0.717, 1.165) is 25.7 Å². The molecule has 5 heteroatoms. The number of carbonyl (C=O) groups is 1. The second-order valence-electron chi connectivity index (χ2n) is 5.85. The molecule has 1 aromatic carbocycles. The molecule has 0 aliphatic carbocycles. The first kappa shape index (κ1) is 17.9. The van der Waals surface area contributed by atoms with Gasteiger partial charge in [-0.05, 0) is 25.0 Å². The van der Waals surface area contributed by atoms with Crippen LogP contribution in [0.1, 0.15) is 61.7 Å². The number of unbranched alkanes of at least 4 members (excludes halogenated alkanes) is 2. The monoisotopic (exact) mass is 324 g/mol. The first-order valence-corrected chi connectivity index (χ1v) is 8.35. The van der Waals surface area contributed by atoms with Gasteiger partial charge in [-0.2, -0.15) is 0 Å². The zero-order valence-electron chi connectivity index (χ0n) is 13.8. The van der Waals surface area contributed by atoms with Gasteiger partial charge in [0.15, 0.2) is 6.29 Å². The van der Waals surface area contributed by atoms with Gasteiger partial charge in [-0.25, -0.2) is 9.18 Å². The van der Waals surface area contributed by atoms with E-state index in [1.54, 1.807) is 6.07 Å². The number of hydrogen-bond acceptors (Lipinski definition) is 4. The fourth-order valence-electron chi connectivity index (χ4n) is 2.40. The Morgan fingerprint density at radius 1 is 1.26 bits per heavy atom. The quantitative estimate of drug-likeness (QED) is 0.556. The Morgan fingerprint density at radius 3 is 2.61 bits per heavy atom. The molecule has 1 fully saturated rings. The van der Waals surface area contributed by atoms with Gasteiger partial charge in [-0.1, -0.05) is 32.8 Å². The normalized spacial score (nSPS) is 21.2. The highest BCUT2D eigenvalue weighted by Gasteiger charge is 2.25. The van der Waals surface area contributed by atoms with Crippen LogP contribution >= 0.6 is 0 Å². The summed E-state index contributed by atoms with van der Waals surface area (Å²) >= 11 is 0. The number of halogens is 1. The molecule has 0 spiro atoms. The summed E-state index contributed by atoms with van der Waals surface area (Å²) in [6.07, 6.45) is 3.16. The second kappa shape index (κ2) is 8.99. The van der Waals surface area contributed by atoms with Crippen LogP contribution in [0.4, 0.5) is 4.39 Å². The highest BCUT2D eigenvalue weighted by molar-refractivity contribution is 5.89. The predicted octanol–water partition coefficient (Wildman–Crippen LogP) is 4.24. The lowest BCUT2D eigenvalue weighted by Crippen LogP contribution is -2.27. The molecular formula is C18H25FO4. The highest BCUT2D eigenvalue weighted by atomic mass is 19.1. The van der Waals surface area contributed by atoms with Crippen LogP contribution in [0.2, 0.25) is 0 Å². The Balaban J connectivity index is 1.94. The summed E-state index contributed by atoms with van der Waals surface area (Å²) in [5, 5.41) is 0. The van der Waals surface area contributed by atoms with Gasteiger partial charge in [0.2, 0.25) is 0 Å². The molecule has 1 heterocycles. The molecule has 1 aliphatic rings. The van der Waals surface area contributed by atoms with E-state index < -0.39 is 18.1 Å². The lowest BCUT2D eigenvalue weighted by Gasteiger charge is -2.29. The number of benzene rings is 1. The molecule has 4 nitrogen and oxygen atoms in total. The zero-order chi connectivity index (χ0) is 16.7. The van der Waals surface area contributed by atoms with Crippen LogP contribution in [0.15, 0.2) is 18.2 Å². The Morgan fingerprint density at radius 2 is 2.00 bits per heavy atom. The molecule has 0 N–H and O–H groups in total. The first-order chi connectivity index (χ1) is 11.2. The highest BCUT2D eigenvalue weighted by Crippen LogP contribution is 2.28. The Kier molecular flexibility index (Phi) is 6.99. The minimum Gasteiger partial charge on any atom is -0.462 e. The Labute approximate surface area is 136 Å². The van der Waals surface area contributed by atoms with Gasteiger partial charge in [0, 0.05) is 11.5 Å². The van der Waals surface area contributed by atoms with E-state index in [1.165, 1.54) is 12.1 Å². The van der Waals surface area contributed by atoms with Gasteiger partial charge in [0.1, 0.15) is 5.82 Å². The van der Waals surface area contributed by atoms with E-state index in [-0.39, 0.29) is 5.56 Å². The molecule has 0 bridgehead atoms. The van der Waals surface area contributed by atoms with E-state index in [1.807, 2.05) is 0 Å². The molecule has 0 atom stereocenters. The maximum absolute atomic E-state index is 14.2. The van der Waals surface area contributed by atoms with Gasteiger partial charge in [0.05, 0.1) is 25.4 Å². The smallest absolute Gasteiger partial charge is 0.338 e. The second-order valence-corrected chi connectivity index (χ2v) is 5.85. The van der Waals surface area contributed by atoms with E-state index in [2.05, 4.69) is 13.8 Å². The summed E-state index contributed by atoms with van der Waals surface area (Å²) in [6.45, 7) is 5.63. The Bertz CT molecular complexity index is 510. The summed E-state index contributed by atoms with van der Waals surface area (Å²) in [5.41, 5.74) is 0.534. The topological polar surface area (TPSA) is 44.8 Å². The SMILES string of the molecule is CCCCCOC(=O)c1ccc(C2OCC(CC)CO2)c(F)c1. The lowest BCUT2D eigenvalue weighted by atomic mass is 10.1. The minimum atomic E-state index is -0.701. The van der Waals surface area contributed by atoms with Gasteiger partial charge < -0.3 is 14.2 Å². The third kappa shape index (κ3) is 5.01. The maximum atomic E-state index is 14.2. The van der Waals surface area contributed by atoms with Crippen LogP contribution in [-0.4, -0.2) is 25.8 Å². The van der Waals surface area contributed by atoms with Crippen molar-refractivity contribution in [2.75, 3.05) is 19.8 Å². The zero-order valence-corrected chi connectivity index (χ0v) is 13.8. The Hall–Kier alpha value is -1.46. The summed E-state index contributed by atoms with van der Waals surface area (Å²) in [6, 6.07) is 4.28. The van der Waals surface area contributed by atoms with Crippen molar-refractivity contribution in [3.8, 4) is 0 Å². The summed E-state index contributed by atoms with van der Waals surface area (Å²) in [5.74, 6) is -0.650. The van der Waals surface area contributed by atoms with Crippen molar-refractivity contribution in [3.63, 3.8) is 0 Å². The van der Waals surface area contributed by atoms with E-state index in [0.29, 0.717) is 31.3 Å². The van der Waals surface area contributed by atoms with Crippen molar-refractivity contribution in [1.29, 1.82) is 0 Å². The van der Waals surface area contributed by atoms with Crippen LogP contribution in [0, 0.1) is 11.7 Å². The van der Waals surface area contributed by atoms with Gasteiger partial charge in [-0.3, -0.25) is 0 Å². The largest absolute Gasteiger partial charge is 0.462 e. The average Bonchev–Trinajstić information content (AvgIpc) is 2.58. The van der Waals surface area contributed by atoms with Crippen LogP contribution in [0.25, 0.3) is 0 Å². The standard InChI is InChI=1S/C18H25FO4/c1-3-5-6-9-21-17(20)14-7-8-15(16(19)10-14)18-22-11-13(4-2)12-23-18/h7-8,10,13,18H,3-6,9,11-12H2,1-2H3. The van der Waals surface area contributed by atoms with Crippen LogP contribution in [-0.2, 0) is 14.2 Å². The van der Waals surface area contributed by atoms with Crippen molar-refractivity contribution < 1.29 is 23.4 Å². The molecular weight excluding hydrogens is 299 g/mol. The third-order valence-electron chi connectivity index (χ3n) is 4.02. The molecule has 0 radical (unpaired) electrons. The fraction of sp³-hybridized carbons (Fsp3) is 0.611. The molecule has 1 aliphatic heterocycles. The first-order valence-electron chi connectivity index (χ1n) is 8.35. The van der Waals surface area contributed by atoms with Crippen LogP contribution in [0.5, 0.6) is 0 Å². The number of esters is 1. The number of carbonyl (C=O) groups excluding carboxylic acids is 1. The van der Waals surface area contributed by atoms with Crippen molar-refractivity contribution >= 4 is 5.97 Å². The van der Waals surface area contributed by atoms with Gasteiger partial charge in [-0.15, -0.1) is 0 Å². The summed E-state index contributed by atoms with van der Waals surface area (Å²) < 4.78 is 30.5. The molecule has 0 aromatic heterocycles. The number of hydrogen-bond donors (Lipinski definition) is 0. The van der Waals surface area contributed by atoms with E-state index in [4.69, 9.17) is 14.2 Å². The molecule has 1 saturated heterocycles. The van der Waals surface area contributed by atoms with E-state index in [9.17, 15) is 9.18 Å². The lowest BCUT2D eigenvalue weighted by molar-refractivity contribution is -0.206. The van der Waals surface area contributed by atoms with Crippen molar-refractivity contribution in [2.45, 2.75) is 45.8 Å². The van der Waals surface area contributed by atoms with Crippen molar-refractivity contribution in [1.82, 2.24) is 0 Å². The third-order valence-corrected chi connectivity index (χ3v) is 4.02. The molecule has 1 aromatic rings. The molecule has 0 unspecified atom stereocenters. The van der Waals surface area contributed by atoms with Gasteiger partial charge >= 0.3 is 5.97 Å². The fourth-order valence-corrected chi connectivity index (χ4v) is 2.40. The van der Waals surface area contributed by atoms with E-state index >= 15 is 0 Å². The van der Waals surface area contributed by atoms with Crippen molar-refractivity contribution in [3.05, 3.63) is 35.1 Å². The maximum Gasteiger partial charge on any atom is 0.338 e. The van der Waals surface area contributed by atoms with Gasteiger partial charge in [0.25, 0.3) is 0 Å². The summed E-state index contributed by atoms with van der Waals surface area (Å²) in [7, 11) is 0. The van der Waals surface area contributed by atoms with Crippen LogP contribution < -0.4 is 0 Å². The minimum absolute atomic E-state index is 0.213. The van der Waals surface area contributed by atoms with Crippen LogP contribution in [0.3, 0.4) is 0 Å². The number of ether oxygens (including phenoxy) is 3. The predicted molar refractivity (Wildman–Crippen MR) is 84.6 cm³/mol. The molecule has 23 heavy (non-hydrogen) atoms. The molecule has 2 rings (SSSR count). The molecule has 0 saturated carbocycles. The molecule has 128 valence electrons. The van der Waals surface area contributed by atoms with Crippen molar-refractivity contribution in [2.24, 2.45) is 5.92 Å². The molecule has 0 amide bonds. The summed E-state index contributed by atoms with van der Waals surface area (Å²) in [4.78, 5) is 11.9. The average molecular weight is 324 g/mol. The number of rotatable bonds is 7.